The molecule has 0 atom stereocenters. The second-order valence-electron chi connectivity index (χ2n) is 8.13. The normalized spacial score (nSPS) is 10.9. The number of carbonyl (C=O) groups excluding carboxylic acids is 1. The van der Waals surface area contributed by atoms with E-state index in [-0.39, 0.29) is 5.91 Å². The number of nitrogens with one attached hydrogen (secondary N) is 2. The second kappa shape index (κ2) is 11.0. The predicted octanol–water partition coefficient (Wildman–Crippen LogP) is 5.76. The molecule has 0 unspecified atom stereocenters. The number of hydrogen-bond acceptors (Lipinski definition) is 6. The summed E-state index contributed by atoms with van der Waals surface area (Å²) in [5.41, 5.74) is 3.96. The van der Waals surface area contributed by atoms with Crippen LogP contribution in [0, 0.1) is 0 Å². The van der Waals surface area contributed by atoms with E-state index in [0.717, 1.165) is 28.6 Å². The van der Waals surface area contributed by atoms with Crippen molar-refractivity contribution >= 4 is 45.7 Å². The van der Waals surface area contributed by atoms with Crippen LogP contribution in [-0.4, -0.2) is 48.0 Å². The average Bonchev–Trinajstić information content (AvgIpc) is 2.84. The molecule has 0 radical (unpaired) electrons. The van der Waals surface area contributed by atoms with Crippen molar-refractivity contribution in [1.29, 1.82) is 0 Å². The number of aromatic nitrogens is 2. The van der Waals surface area contributed by atoms with Crippen molar-refractivity contribution in [3.63, 3.8) is 0 Å². The van der Waals surface area contributed by atoms with Crippen molar-refractivity contribution in [3.05, 3.63) is 84.5 Å². The van der Waals surface area contributed by atoms with E-state index >= 15 is 0 Å². The Kier molecular flexibility index (Phi) is 7.60. The smallest absolute Gasteiger partial charge is 0.247 e. The molecular formula is C27H26ClN5O2. The first kappa shape index (κ1) is 24.2. The van der Waals surface area contributed by atoms with E-state index in [1.165, 1.54) is 6.08 Å². The van der Waals surface area contributed by atoms with Crippen LogP contribution < -0.4 is 15.4 Å². The summed E-state index contributed by atoms with van der Waals surface area (Å²) in [5, 5.41) is 7.61. The summed E-state index contributed by atoms with van der Waals surface area (Å²) >= 11 is 6.21. The van der Waals surface area contributed by atoms with E-state index in [4.69, 9.17) is 21.3 Å². The number of anilines is 3. The number of halogens is 1. The molecule has 1 amide bonds. The molecule has 7 nitrogen and oxygen atoms in total. The van der Waals surface area contributed by atoms with Gasteiger partial charge in [0.2, 0.25) is 11.9 Å². The molecule has 3 aromatic carbocycles. The summed E-state index contributed by atoms with van der Waals surface area (Å²) in [6, 6.07) is 19.0. The highest BCUT2D eigenvalue weighted by Crippen LogP contribution is 2.32. The third-order valence-corrected chi connectivity index (χ3v) is 5.46. The van der Waals surface area contributed by atoms with Gasteiger partial charge in [-0.2, -0.15) is 0 Å². The number of benzene rings is 3. The van der Waals surface area contributed by atoms with Crippen LogP contribution in [-0.2, 0) is 4.79 Å². The van der Waals surface area contributed by atoms with Crippen molar-refractivity contribution in [2.24, 2.45) is 0 Å². The van der Waals surface area contributed by atoms with Gasteiger partial charge in [-0.05, 0) is 56.1 Å². The van der Waals surface area contributed by atoms with Gasteiger partial charge in [-0.1, -0.05) is 48.5 Å². The van der Waals surface area contributed by atoms with Gasteiger partial charge in [0.05, 0.1) is 11.2 Å². The quantitative estimate of drug-likeness (QED) is 0.292. The third kappa shape index (κ3) is 6.15. The van der Waals surface area contributed by atoms with Gasteiger partial charge in [0, 0.05) is 34.4 Å². The lowest BCUT2D eigenvalue weighted by Gasteiger charge is -2.16. The fourth-order valence-electron chi connectivity index (χ4n) is 3.49. The van der Waals surface area contributed by atoms with Crippen molar-refractivity contribution in [3.8, 4) is 16.9 Å². The lowest BCUT2D eigenvalue weighted by Crippen LogP contribution is -2.20. The zero-order valence-electron chi connectivity index (χ0n) is 19.6. The second-order valence-corrected chi connectivity index (χ2v) is 8.56. The molecule has 8 heteroatoms. The van der Waals surface area contributed by atoms with Crippen LogP contribution >= 0.6 is 11.6 Å². The fraction of sp³-hybridized carbons (Fsp3) is 0.148. The van der Waals surface area contributed by atoms with E-state index in [1.807, 2.05) is 67.5 Å². The van der Waals surface area contributed by atoms with Crippen molar-refractivity contribution in [2.75, 3.05) is 37.9 Å². The van der Waals surface area contributed by atoms with Gasteiger partial charge in [0.25, 0.3) is 0 Å². The summed E-state index contributed by atoms with van der Waals surface area (Å²) in [7, 11) is 3.94. The Morgan fingerprint density at radius 1 is 1.14 bits per heavy atom. The zero-order chi connectivity index (χ0) is 24.8. The van der Waals surface area contributed by atoms with Crippen LogP contribution in [0.3, 0.4) is 0 Å². The van der Waals surface area contributed by atoms with Gasteiger partial charge in [-0.25, -0.2) is 9.97 Å². The predicted molar refractivity (Wildman–Crippen MR) is 143 cm³/mol. The average molecular weight is 488 g/mol. The molecule has 0 bridgehead atoms. The van der Waals surface area contributed by atoms with Crippen molar-refractivity contribution in [2.45, 2.75) is 0 Å². The Morgan fingerprint density at radius 2 is 1.97 bits per heavy atom. The number of nitrogens with zero attached hydrogens (tertiary/aromatic N) is 3. The summed E-state index contributed by atoms with van der Waals surface area (Å²) in [6.07, 6.45) is 2.99. The summed E-state index contributed by atoms with van der Waals surface area (Å²) in [6.45, 7) is 4.75. The molecule has 1 aromatic heterocycles. The van der Waals surface area contributed by atoms with Gasteiger partial charge < -0.3 is 20.3 Å². The van der Waals surface area contributed by atoms with Gasteiger partial charge in [-0.3, -0.25) is 4.79 Å². The number of ether oxygens (including phenoxy) is 1. The Bertz CT molecular complexity index is 1370. The number of likely N-dealkylation sites (N-methyl/N-ethyl adjacent to an activating group) is 1. The molecule has 0 aliphatic carbocycles. The molecule has 4 rings (SSSR count). The Labute approximate surface area is 209 Å². The summed E-state index contributed by atoms with van der Waals surface area (Å²) in [5.74, 6) is 0.664. The first-order valence-corrected chi connectivity index (χ1v) is 11.4. The first-order chi connectivity index (χ1) is 16.9. The molecule has 4 aromatic rings. The molecule has 35 heavy (non-hydrogen) atoms. The van der Waals surface area contributed by atoms with Gasteiger partial charge >= 0.3 is 0 Å². The molecule has 1 heterocycles. The van der Waals surface area contributed by atoms with Crippen LogP contribution in [0.25, 0.3) is 22.0 Å². The van der Waals surface area contributed by atoms with E-state index in [1.54, 1.807) is 18.3 Å². The fourth-order valence-corrected chi connectivity index (χ4v) is 3.68. The number of carbonyl (C=O) groups is 1. The monoisotopic (exact) mass is 487 g/mol. The number of amides is 1. The SMILES string of the molecule is C=CC(=O)Nc1cc(Nc2ncc3cccc(-c4cccc(Cl)c4)c3n2)ccc1OCCN(C)C. The standard InChI is InChI=1S/C27H26ClN5O2/c1-4-25(34)31-23-16-21(11-12-24(23)35-14-13-33(2)3)30-27-29-17-19-8-6-10-22(26(19)32-27)18-7-5-9-20(28)15-18/h4-12,15-17H,1,13-14H2,2-3H3,(H,31,34)(H,29,30,32). The maximum absolute atomic E-state index is 12.0. The highest BCUT2D eigenvalue weighted by molar-refractivity contribution is 6.30. The molecule has 0 saturated heterocycles. The van der Waals surface area contributed by atoms with E-state index in [0.29, 0.717) is 34.7 Å². The lowest BCUT2D eigenvalue weighted by molar-refractivity contribution is -0.111. The summed E-state index contributed by atoms with van der Waals surface area (Å²) < 4.78 is 5.87. The van der Waals surface area contributed by atoms with Crippen molar-refractivity contribution < 1.29 is 9.53 Å². The molecule has 0 saturated carbocycles. The maximum atomic E-state index is 12.0. The largest absolute Gasteiger partial charge is 0.490 e. The number of fused-ring (bicyclic) bond motifs is 1. The van der Waals surface area contributed by atoms with E-state index in [2.05, 4.69) is 22.2 Å². The van der Waals surface area contributed by atoms with Crippen LogP contribution in [0.15, 0.2) is 79.5 Å². The highest BCUT2D eigenvalue weighted by Gasteiger charge is 2.11. The number of hydrogen-bond donors (Lipinski definition) is 2. The van der Waals surface area contributed by atoms with Crippen LogP contribution in [0.5, 0.6) is 5.75 Å². The Balaban J connectivity index is 1.64. The number of rotatable bonds is 9. The Hall–Kier alpha value is -3.94. The topological polar surface area (TPSA) is 79.4 Å². The lowest BCUT2D eigenvalue weighted by atomic mass is 10.0. The molecule has 0 spiro atoms. The molecule has 2 N–H and O–H groups in total. The summed E-state index contributed by atoms with van der Waals surface area (Å²) in [4.78, 5) is 23.2. The van der Waals surface area contributed by atoms with Crippen molar-refractivity contribution in [1.82, 2.24) is 14.9 Å². The third-order valence-electron chi connectivity index (χ3n) is 5.22. The van der Waals surface area contributed by atoms with E-state index < -0.39 is 0 Å². The van der Waals surface area contributed by atoms with Gasteiger partial charge in [0.1, 0.15) is 12.4 Å². The maximum Gasteiger partial charge on any atom is 0.247 e. The highest BCUT2D eigenvalue weighted by atomic mass is 35.5. The molecule has 0 aliphatic heterocycles. The van der Waals surface area contributed by atoms with Gasteiger partial charge in [0.15, 0.2) is 0 Å². The molecular weight excluding hydrogens is 462 g/mol. The minimum atomic E-state index is -0.326. The minimum Gasteiger partial charge on any atom is -0.490 e. The van der Waals surface area contributed by atoms with E-state index in [9.17, 15) is 4.79 Å². The minimum absolute atomic E-state index is 0.326. The molecule has 178 valence electrons. The molecule has 0 fully saturated rings. The Morgan fingerprint density at radius 3 is 2.74 bits per heavy atom. The van der Waals surface area contributed by atoms with Crippen LogP contribution in [0.2, 0.25) is 5.02 Å². The zero-order valence-corrected chi connectivity index (χ0v) is 20.3. The van der Waals surface area contributed by atoms with Crippen LogP contribution in [0.1, 0.15) is 0 Å². The first-order valence-electron chi connectivity index (χ1n) is 11.1. The number of para-hydroxylation sites is 1. The van der Waals surface area contributed by atoms with Gasteiger partial charge in [-0.15, -0.1) is 0 Å². The molecule has 0 aliphatic rings. The van der Waals surface area contributed by atoms with Crippen LogP contribution in [0.4, 0.5) is 17.3 Å².